The summed E-state index contributed by atoms with van der Waals surface area (Å²) in [6.07, 6.45) is 2.62. The number of allylic oxidation sites excluding steroid dienone is 2. The topological polar surface area (TPSA) is 21.3 Å². The number of fused-ring (bicyclic) bond motifs is 2. The molecule has 1 fully saturated rings. The minimum absolute atomic E-state index is 0.258. The molecule has 5 heteroatoms. The number of para-hydroxylation sites is 2. The van der Waals surface area contributed by atoms with Gasteiger partial charge in [0.25, 0.3) is 0 Å². The predicted molar refractivity (Wildman–Crippen MR) is 75.3 cm³/mol. The van der Waals surface area contributed by atoms with E-state index in [1.807, 2.05) is 0 Å². The van der Waals surface area contributed by atoms with Crippen LogP contribution in [0.5, 0.6) is 5.75 Å². The van der Waals surface area contributed by atoms with Crippen LogP contribution in [0.3, 0.4) is 0 Å². The number of hydrogen-bond acceptors (Lipinski definition) is 2. The number of ether oxygens (including phenoxy) is 1. The first-order chi connectivity index (χ1) is 10.0. The second-order valence-corrected chi connectivity index (χ2v) is 5.82. The molecule has 2 bridgehead atoms. The van der Waals surface area contributed by atoms with E-state index in [9.17, 15) is 13.2 Å². The van der Waals surface area contributed by atoms with Crippen LogP contribution >= 0.6 is 0 Å². The highest BCUT2D eigenvalue weighted by Crippen LogP contribution is 2.43. The van der Waals surface area contributed by atoms with Crippen molar-refractivity contribution in [3.05, 3.63) is 36.4 Å². The Labute approximate surface area is 122 Å². The maximum atomic E-state index is 12.3. The number of halogens is 3. The number of rotatable bonds is 5. The van der Waals surface area contributed by atoms with Gasteiger partial charge in [0.05, 0.1) is 5.69 Å². The van der Waals surface area contributed by atoms with Crippen LogP contribution in [0.2, 0.25) is 0 Å². The first-order valence-electron chi connectivity index (χ1n) is 7.22. The lowest BCUT2D eigenvalue weighted by Gasteiger charge is -2.20. The van der Waals surface area contributed by atoms with Gasteiger partial charge in [-0.3, -0.25) is 0 Å². The fourth-order valence-corrected chi connectivity index (χ4v) is 3.27. The summed E-state index contributed by atoms with van der Waals surface area (Å²) < 4.78 is 41.6. The van der Waals surface area contributed by atoms with Gasteiger partial charge in [-0.15, -0.1) is 0 Å². The SMILES string of the molecule is FC(F)(F)COc1ccccc1NCC1CC2C=CC1C2. The van der Waals surface area contributed by atoms with Gasteiger partial charge >= 0.3 is 6.18 Å². The van der Waals surface area contributed by atoms with Crippen LogP contribution in [0, 0.1) is 17.8 Å². The molecule has 0 amide bonds. The standard InChI is InChI=1S/C16H18F3NO/c17-16(18,19)10-21-15-4-2-1-3-14(15)20-9-13-8-11-5-6-12(13)7-11/h1-6,11-13,20H,7-10H2. The van der Waals surface area contributed by atoms with Crippen molar-refractivity contribution in [1.29, 1.82) is 0 Å². The maximum Gasteiger partial charge on any atom is 0.422 e. The lowest BCUT2D eigenvalue weighted by Crippen LogP contribution is -2.21. The summed E-state index contributed by atoms with van der Waals surface area (Å²) >= 11 is 0. The lowest BCUT2D eigenvalue weighted by atomic mass is 9.93. The molecule has 3 unspecified atom stereocenters. The minimum atomic E-state index is -4.32. The van der Waals surface area contributed by atoms with Crippen molar-refractivity contribution in [3.63, 3.8) is 0 Å². The minimum Gasteiger partial charge on any atom is -0.482 e. The third-order valence-corrected chi connectivity index (χ3v) is 4.25. The van der Waals surface area contributed by atoms with Crippen molar-refractivity contribution >= 4 is 5.69 Å². The van der Waals surface area contributed by atoms with Gasteiger partial charge in [0.15, 0.2) is 6.61 Å². The van der Waals surface area contributed by atoms with Crippen LogP contribution in [0.1, 0.15) is 12.8 Å². The van der Waals surface area contributed by atoms with E-state index in [0.717, 1.165) is 6.54 Å². The Kier molecular flexibility index (Phi) is 3.83. The Balaban J connectivity index is 1.59. The number of anilines is 1. The summed E-state index contributed by atoms with van der Waals surface area (Å²) in [4.78, 5) is 0. The molecule has 21 heavy (non-hydrogen) atoms. The van der Waals surface area contributed by atoms with E-state index in [2.05, 4.69) is 17.5 Å². The fourth-order valence-electron chi connectivity index (χ4n) is 3.27. The second-order valence-electron chi connectivity index (χ2n) is 5.82. The first-order valence-corrected chi connectivity index (χ1v) is 7.22. The predicted octanol–water partition coefficient (Wildman–Crippen LogP) is 4.25. The van der Waals surface area contributed by atoms with Crippen LogP contribution in [0.25, 0.3) is 0 Å². The van der Waals surface area contributed by atoms with Gasteiger partial charge in [-0.05, 0) is 42.7 Å². The maximum absolute atomic E-state index is 12.3. The zero-order valence-corrected chi connectivity index (χ0v) is 11.6. The van der Waals surface area contributed by atoms with Crippen molar-refractivity contribution in [2.75, 3.05) is 18.5 Å². The Morgan fingerprint density at radius 1 is 1.14 bits per heavy atom. The summed E-state index contributed by atoms with van der Waals surface area (Å²) in [5.74, 6) is 2.13. The number of nitrogens with one attached hydrogen (secondary N) is 1. The van der Waals surface area contributed by atoms with Crippen molar-refractivity contribution in [2.24, 2.45) is 17.8 Å². The Hall–Kier alpha value is -1.65. The van der Waals surface area contributed by atoms with Crippen molar-refractivity contribution < 1.29 is 17.9 Å². The molecule has 3 atom stereocenters. The molecule has 1 N–H and O–H groups in total. The summed E-state index contributed by atoms with van der Waals surface area (Å²) in [6.45, 7) is -0.486. The van der Waals surface area contributed by atoms with Gasteiger partial charge in [0.2, 0.25) is 0 Å². The number of alkyl halides is 3. The quantitative estimate of drug-likeness (QED) is 0.820. The van der Waals surface area contributed by atoms with Gasteiger partial charge in [0, 0.05) is 6.54 Å². The average molecular weight is 297 g/mol. The van der Waals surface area contributed by atoms with E-state index >= 15 is 0 Å². The van der Waals surface area contributed by atoms with Crippen molar-refractivity contribution in [2.45, 2.75) is 19.0 Å². The van der Waals surface area contributed by atoms with Crippen molar-refractivity contribution in [3.8, 4) is 5.75 Å². The van der Waals surface area contributed by atoms with Gasteiger partial charge in [-0.1, -0.05) is 24.3 Å². The normalized spacial score (nSPS) is 27.1. The summed E-state index contributed by atoms with van der Waals surface area (Å²) in [7, 11) is 0. The van der Waals surface area contributed by atoms with Crippen molar-refractivity contribution in [1.82, 2.24) is 0 Å². The van der Waals surface area contributed by atoms with Gasteiger partial charge in [0.1, 0.15) is 5.75 Å². The molecule has 0 saturated heterocycles. The smallest absolute Gasteiger partial charge is 0.422 e. The molecular formula is C16H18F3NO. The molecule has 2 nitrogen and oxygen atoms in total. The molecule has 0 radical (unpaired) electrons. The lowest BCUT2D eigenvalue weighted by molar-refractivity contribution is -0.153. The molecule has 0 aliphatic heterocycles. The molecule has 2 aliphatic carbocycles. The summed E-state index contributed by atoms with van der Waals surface area (Å²) in [5.41, 5.74) is 0.633. The van der Waals surface area contributed by atoms with Crippen LogP contribution < -0.4 is 10.1 Å². The zero-order chi connectivity index (χ0) is 14.9. The van der Waals surface area contributed by atoms with Crippen LogP contribution in [-0.2, 0) is 0 Å². The molecule has 3 rings (SSSR count). The number of hydrogen-bond donors (Lipinski definition) is 1. The number of benzene rings is 1. The second kappa shape index (κ2) is 5.62. The molecule has 1 saturated carbocycles. The van der Waals surface area contributed by atoms with E-state index in [4.69, 9.17) is 4.74 Å². The first kappa shape index (κ1) is 14.3. The largest absolute Gasteiger partial charge is 0.482 e. The van der Waals surface area contributed by atoms with Gasteiger partial charge < -0.3 is 10.1 Å². The Bertz CT molecular complexity index is 526. The third-order valence-electron chi connectivity index (χ3n) is 4.25. The van der Waals surface area contributed by atoms with Crippen LogP contribution in [0.15, 0.2) is 36.4 Å². The molecule has 2 aliphatic rings. The molecular weight excluding hydrogens is 279 g/mol. The highest BCUT2D eigenvalue weighted by Gasteiger charge is 2.35. The van der Waals surface area contributed by atoms with E-state index in [1.165, 1.54) is 12.8 Å². The van der Waals surface area contributed by atoms with E-state index in [0.29, 0.717) is 23.4 Å². The van der Waals surface area contributed by atoms with Gasteiger partial charge in [-0.2, -0.15) is 13.2 Å². The van der Waals surface area contributed by atoms with Crippen LogP contribution in [0.4, 0.5) is 18.9 Å². The Morgan fingerprint density at radius 2 is 1.95 bits per heavy atom. The highest BCUT2D eigenvalue weighted by molar-refractivity contribution is 5.56. The highest BCUT2D eigenvalue weighted by atomic mass is 19.4. The third kappa shape index (κ3) is 3.52. The average Bonchev–Trinajstić information content (AvgIpc) is 3.05. The Morgan fingerprint density at radius 3 is 2.62 bits per heavy atom. The fraction of sp³-hybridized carbons (Fsp3) is 0.500. The zero-order valence-electron chi connectivity index (χ0n) is 11.6. The van der Waals surface area contributed by atoms with E-state index < -0.39 is 12.8 Å². The molecule has 114 valence electrons. The molecule has 0 spiro atoms. The summed E-state index contributed by atoms with van der Waals surface area (Å²) in [5, 5.41) is 3.25. The summed E-state index contributed by atoms with van der Waals surface area (Å²) in [6, 6.07) is 6.80. The molecule has 0 aromatic heterocycles. The molecule has 0 heterocycles. The molecule has 1 aromatic carbocycles. The monoisotopic (exact) mass is 297 g/mol. The van der Waals surface area contributed by atoms with Gasteiger partial charge in [-0.25, -0.2) is 0 Å². The van der Waals surface area contributed by atoms with Crippen LogP contribution in [-0.4, -0.2) is 19.3 Å². The van der Waals surface area contributed by atoms with E-state index in [1.54, 1.807) is 24.3 Å². The molecule has 1 aromatic rings. The van der Waals surface area contributed by atoms with E-state index in [-0.39, 0.29) is 5.75 Å².